The molecule has 0 bridgehead atoms. The minimum Gasteiger partial charge on any atom is -1.00 e. The van der Waals surface area contributed by atoms with Gasteiger partial charge in [-0.25, -0.2) is 0 Å². The van der Waals surface area contributed by atoms with Crippen molar-refractivity contribution in [1.82, 2.24) is 0 Å². The van der Waals surface area contributed by atoms with Crippen LogP contribution in [0.3, 0.4) is 0 Å². The monoisotopic (exact) mass is 106 g/mol. The summed E-state index contributed by atoms with van der Waals surface area (Å²) in [5.41, 5.74) is 0. The van der Waals surface area contributed by atoms with Gasteiger partial charge in [0.1, 0.15) is 0 Å². The summed E-state index contributed by atoms with van der Waals surface area (Å²) in [4.78, 5) is 0. The van der Waals surface area contributed by atoms with E-state index < -0.39 is 0 Å². The summed E-state index contributed by atoms with van der Waals surface area (Å²) in [6.45, 7) is 0. The summed E-state index contributed by atoms with van der Waals surface area (Å²) >= 11 is 0. The van der Waals surface area contributed by atoms with Gasteiger partial charge in [-0.2, -0.15) is 0 Å². The Bertz CT molecular complexity index is 16.9. The molecule has 0 rings (SSSR count). The van der Waals surface area contributed by atoms with Crippen molar-refractivity contribution in [3.05, 3.63) is 0 Å². The molecule has 0 radical (unpaired) electrons. The van der Waals surface area contributed by atoms with Gasteiger partial charge in [-0.15, -0.1) is 0 Å². The van der Waals surface area contributed by atoms with Crippen molar-refractivity contribution in [3.8, 4) is 0 Å². The van der Waals surface area contributed by atoms with Gasteiger partial charge in [0.2, 0.25) is 0 Å². The van der Waals surface area contributed by atoms with Crippen LogP contribution in [0.2, 0.25) is 0 Å². The van der Waals surface area contributed by atoms with E-state index in [-0.39, 0.29) is 104 Å². The molecule has 0 saturated heterocycles. The van der Waals surface area contributed by atoms with Gasteiger partial charge in [-0.05, 0) is 0 Å². The van der Waals surface area contributed by atoms with E-state index in [0.29, 0.717) is 0 Å². The van der Waals surface area contributed by atoms with Crippen LogP contribution in [-0.4, -0.2) is 78.2 Å². The van der Waals surface area contributed by atoms with Gasteiger partial charge >= 0.3 is 79.7 Å². The Hall–Kier alpha value is 3.16. The maximum absolute atomic E-state index is 0. The molecule has 0 spiro atoms. The zero-order valence-corrected chi connectivity index (χ0v) is 6.04. The molecule has 0 atom stereocenters. The molecule has 0 fully saturated rings. The van der Waals surface area contributed by atoms with Crippen molar-refractivity contribution in [2.24, 2.45) is 0 Å². The molecule has 0 amide bonds. The molecule has 0 N–H and O–H groups in total. The Balaban J connectivity index is 0. The zero-order chi connectivity index (χ0) is 0. The second-order valence-electron chi connectivity index (χ2n) is 0. The van der Waals surface area contributed by atoms with Crippen molar-refractivity contribution >= 4 is 78.2 Å². The van der Waals surface area contributed by atoms with Gasteiger partial charge in [-0.1, -0.05) is 0 Å². The normalized spacial score (nSPS) is 0. The molecule has 0 aromatic rings. The van der Waals surface area contributed by atoms with Crippen molar-refractivity contribution in [2.45, 2.75) is 0 Å². The van der Waals surface area contributed by atoms with Crippen LogP contribution in [0.1, 0.15) is 7.13 Å². The average Bonchev–Trinajstić information content (AvgIpc) is 0. The minimum absolute atomic E-state index is 0. The molecule has 0 aliphatic rings. The van der Waals surface area contributed by atoms with Crippen molar-refractivity contribution in [2.75, 3.05) is 0 Å². The maximum atomic E-state index is 0. The van der Waals surface area contributed by atoms with E-state index in [0.717, 1.165) is 0 Å². The van der Waals surface area contributed by atoms with Crippen molar-refractivity contribution in [1.29, 1.82) is 0 Å². The first-order valence-corrected chi connectivity index (χ1v) is 0. The molecule has 16 valence electrons. The minimum atomic E-state index is 0. The van der Waals surface area contributed by atoms with E-state index in [1.807, 2.05) is 0 Å². The van der Waals surface area contributed by atoms with E-state index in [2.05, 4.69) is 0 Å². The predicted octanol–water partition coefficient (Wildman–Crippen LogP) is -4.38. The quantitative estimate of drug-likeness (QED) is 0.274. The second-order valence-corrected chi connectivity index (χ2v) is 0. The van der Waals surface area contributed by atoms with Gasteiger partial charge in [-0.3, -0.25) is 0 Å². The first kappa shape index (κ1) is 27.2. The van der Waals surface area contributed by atoms with Gasteiger partial charge in [0.05, 0.1) is 0 Å². The van der Waals surface area contributed by atoms with Crippen LogP contribution in [0.5, 0.6) is 0 Å². The molecular weight excluding hydrogens is 98.3 g/mol. The van der Waals surface area contributed by atoms with E-state index in [9.17, 15) is 0 Å². The Morgan fingerprint density at radius 3 is 1.25 bits per heavy atom. The molecule has 0 aliphatic carbocycles. The largest absolute Gasteiger partial charge is 2.00 e. The Morgan fingerprint density at radius 2 is 1.25 bits per heavy atom. The molecule has 0 aliphatic heterocycles. The van der Waals surface area contributed by atoms with Gasteiger partial charge in [0, 0.05) is 0 Å². The third-order valence-electron chi connectivity index (χ3n) is 0. The number of hydrogen-bond acceptors (Lipinski definition) is 0. The van der Waals surface area contributed by atoms with Crippen LogP contribution in [0.15, 0.2) is 0 Å². The van der Waals surface area contributed by atoms with Crippen LogP contribution in [0.25, 0.3) is 0 Å². The van der Waals surface area contributed by atoms with Gasteiger partial charge in [0.15, 0.2) is 17.4 Å². The van der Waals surface area contributed by atoms with Crippen molar-refractivity contribution < 1.29 is 26.0 Å². The molecule has 0 aromatic heterocycles. The predicted molar refractivity (Wildman–Crippen MR) is 27.0 cm³/mol. The first-order valence-electron chi connectivity index (χ1n) is 0. The average molecular weight is 106 g/mol. The zero-order valence-electron chi connectivity index (χ0n) is 7.41. The van der Waals surface area contributed by atoms with Crippen LogP contribution in [0, 0.1) is 0 Å². The molecule has 0 nitrogen and oxygen atoms in total. The smallest absolute Gasteiger partial charge is 1.00 e. The number of rotatable bonds is 0. The van der Waals surface area contributed by atoms with Crippen molar-refractivity contribution in [3.63, 3.8) is 0 Å². The third-order valence-corrected chi connectivity index (χ3v) is 0. The topological polar surface area (TPSA) is 0 Å². The molecule has 0 aromatic carbocycles. The third kappa shape index (κ3) is 8.94. The molecule has 4 heavy (non-hydrogen) atoms. The Labute approximate surface area is 102 Å². The fourth-order valence-electron chi connectivity index (χ4n) is 0. The standard InChI is InChI=1S/Al.Ca.Li.Mg.8H/q;+2;+1;+2;;;;5*-1. The molecule has 4 heteroatoms. The Kier molecular flexibility index (Phi) is 112. The fourth-order valence-corrected chi connectivity index (χ4v) is 0. The maximum Gasteiger partial charge on any atom is 2.00 e. The summed E-state index contributed by atoms with van der Waals surface area (Å²) < 4.78 is 0. The fraction of sp³-hybridized carbons (Fsp3) is 0. The van der Waals surface area contributed by atoms with E-state index >= 15 is 0 Å². The SMILES string of the molecule is [AlH3].[Ca+2].[H-].[H-].[H-].[H-].[H-].[Li+].[Mg+2]. The van der Waals surface area contributed by atoms with Gasteiger partial charge in [0.25, 0.3) is 0 Å². The van der Waals surface area contributed by atoms with E-state index in [4.69, 9.17) is 0 Å². The van der Waals surface area contributed by atoms with E-state index in [1.165, 1.54) is 0 Å². The summed E-state index contributed by atoms with van der Waals surface area (Å²) in [7, 11) is 0. The summed E-state index contributed by atoms with van der Waals surface area (Å²) in [5, 5.41) is 0. The molecule has 0 saturated carbocycles. The van der Waals surface area contributed by atoms with E-state index in [1.54, 1.807) is 0 Å². The van der Waals surface area contributed by atoms with Crippen LogP contribution in [-0.2, 0) is 0 Å². The Morgan fingerprint density at radius 1 is 1.25 bits per heavy atom. The molecule has 0 heterocycles. The summed E-state index contributed by atoms with van der Waals surface area (Å²) in [6, 6.07) is 0. The second kappa shape index (κ2) is 16.4. The van der Waals surface area contributed by atoms with Crippen LogP contribution >= 0.6 is 0 Å². The molecule has 0 unspecified atom stereocenters. The first-order chi connectivity index (χ1) is 0. The molecular formula is H8AlCaLiMg. The van der Waals surface area contributed by atoms with Gasteiger partial charge < -0.3 is 7.13 Å². The number of hydrogen-bond donors (Lipinski definition) is 0. The van der Waals surface area contributed by atoms with Crippen LogP contribution in [0.4, 0.5) is 0 Å². The van der Waals surface area contributed by atoms with Crippen LogP contribution < -0.4 is 18.9 Å². The summed E-state index contributed by atoms with van der Waals surface area (Å²) in [6.07, 6.45) is 0. The summed E-state index contributed by atoms with van der Waals surface area (Å²) in [5.74, 6) is 0.